The number of aryl methyl sites for hydroxylation is 4. The molecule has 2 rings (SSSR count). The Kier molecular flexibility index (Phi) is 5.02. The molecule has 0 aliphatic heterocycles. The van der Waals surface area contributed by atoms with Crippen molar-refractivity contribution < 1.29 is 0 Å². The fourth-order valence-corrected chi connectivity index (χ4v) is 3.11. The standard InChI is InChI=1S/C20H26N2/c1-6-22(20-16(4)11-8-12-17(20)5)19(21)13-18-14(2)9-7-10-15(18)3/h7-12,21H,6,13H2,1-5H3. The van der Waals surface area contributed by atoms with Crippen molar-refractivity contribution in [2.24, 2.45) is 0 Å². The SMILES string of the molecule is CCN(C(=N)Cc1c(C)cccc1C)c1c(C)cccc1C. The van der Waals surface area contributed by atoms with Gasteiger partial charge in [-0.15, -0.1) is 0 Å². The second kappa shape index (κ2) is 6.78. The Labute approximate surface area is 134 Å². The van der Waals surface area contributed by atoms with E-state index in [1.54, 1.807) is 0 Å². The van der Waals surface area contributed by atoms with Crippen molar-refractivity contribution in [3.8, 4) is 0 Å². The highest BCUT2D eigenvalue weighted by Crippen LogP contribution is 2.26. The number of amidine groups is 1. The molecule has 0 atom stereocenters. The van der Waals surface area contributed by atoms with Gasteiger partial charge in [0.05, 0.1) is 0 Å². The van der Waals surface area contributed by atoms with Crippen LogP contribution in [0.5, 0.6) is 0 Å². The fraction of sp³-hybridized carbons (Fsp3) is 0.350. The summed E-state index contributed by atoms with van der Waals surface area (Å²) in [5, 5.41) is 8.63. The Morgan fingerprint density at radius 1 is 0.864 bits per heavy atom. The molecule has 116 valence electrons. The number of anilines is 1. The molecule has 0 aliphatic rings. The van der Waals surface area contributed by atoms with Crippen molar-refractivity contribution >= 4 is 11.5 Å². The highest BCUT2D eigenvalue weighted by atomic mass is 15.2. The molecule has 2 heteroatoms. The van der Waals surface area contributed by atoms with Crippen molar-refractivity contribution in [3.63, 3.8) is 0 Å². The van der Waals surface area contributed by atoms with Gasteiger partial charge in [-0.25, -0.2) is 0 Å². The topological polar surface area (TPSA) is 27.1 Å². The van der Waals surface area contributed by atoms with Crippen LogP contribution < -0.4 is 4.90 Å². The number of rotatable bonds is 4. The molecule has 0 unspecified atom stereocenters. The maximum Gasteiger partial charge on any atom is 0.105 e. The third kappa shape index (κ3) is 3.22. The van der Waals surface area contributed by atoms with Crippen molar-refractivity contribution in [3.05, 3.63) is 64.2 Å². The highest BCUT2D eigenvalue weighted by Gasteiger charge is 2.16. The van der Waals surface area contributed by atoms with Crippen LogP contribution in [0.15, 0.2) is 36.4 Å². The van der Waals surface area contributed by atoms with E-state index in [-0.39, 0.29) is 0 Å². The first kappa shape index (κ1) is 16.3. The molecule has 2 nitrogen and oxygen atoms in total. The normalized spacial score (nSPS) is 10.6. The van der Waals surface area contributed by atoms with E-state index in [4.69, 9.17) is 5.41 Å². The number of nitrogens with one attached hydrogen (secondary N) is 1. The van der Waals surface area contributed by atoms with E-state index >= 15 is 0 Å². The maximum atomic E-state index is 8.63. The summed E-state index contributed by atoms with van der Waals surface area (Å²) in [6.07, 6.45) is 0.681. The molecule has 2 aromatic carbocycles. The van der Waals surface area contributed by atoms with E-state index in [0.29, 0.717) is 12.3 Å². The van der Waals surface area contributed by atoms with Crippen molar-refractivity contribution in [2.45, 2.75) is 41.0 Å². The molecule has 0 fully saturated rings. The molecule has 0 radical (unpaired) electrons. The summed E-state index contributed by atoms with van der Waals surface area (Å²) in [6, 6.07) is 12.7. The van der Waals surface area contributed by atoms with E-state index in [9.17, 15) is 0 Å². The maximum absolute atomic E-state index is 8.63. The monoisotopic (exact) mass is 294 g/mol. The quantitative estimate of drug-likeness (QED) is 0.626. The summed E-state index contributed by atoms with van der Waals surface area (Å²) in [4.78, 5) is 2.14. The number of hydrogen-bond donors (Lipinski definition) is 1. The van der Waals surface area contributed by atoms with E-state index in [2.05, 4.69) is 75.9 Å². The summed E-state index contributed by atoms with van der Waals surface area (Å²) in [7, 11) is 0. The summed E-state index contributed by atoms with van der Waals surface area (Å²) >= 11 is 0. The molecule has 0 amide bonds. The van der Waals surface area contributed by atoms with Gasteiger partial charge in [0.15, 0.2) is 0 Å². The van der Waals surface area contributed by atoms with Crippen LogP contribution in [0, 0.1) is 33.1 Å². The van der Waals surface area contributed by atoms with Gasteiger partial charge in [0, 0.05) is 18.7 Å². The summed E-state index contributed by atoms with van der Waals surface area (Å²) in [5.74, 6) is 0.664. The zero-order chi connectivity index (χ0) is 16.3. The third-order valence-electron chi connectivity index (χ3n) is 4.34. The lowest BCUT2D eigenvalue weighted by Gasteiger charge is -2.28. The average molecular weight is 294 g/mol. The zero-order valence-electron chi connectivity index (χ0n) is 14.3. The van der Waals surface area contributed by atoms with Crippen LogP contribution in [-0.2, 0) is 6.42 Å². The summed E-state index contributed by atoms with van der Waals surface area (Å²) in [5.41, 5.74) is 7.45. The van der Waals surface area contributed by atoms with Crippen LogP contribution in [-0.4, -0.2) is 12.4 Å². The van der Waals surface area contributed by atoms with Crippen LogP contribution in [0.2, 0.25) is 0 Å². The summed E-state index contributed by atoms with van der Waals surface area (Å²) in [6.45, 7) is 11.4. The summed E-state index contributed by atoms with van der Waals surface area (Å²) < 4.78 is 0. The predicted octanol–water partition coefficient (Wildman–Crippen LogP) is 4.97. The molecule has 0 aromatic heterocycles. The molecular formula is C20H26N2. The van der Waals surface area contributed by atoms with Gasteiger partial charge < -0.3 is 4.90 Å². The molecule has 22 heavy (non-hydrogen) atoms. The molecule has 0 saturated carbocycles. The first-order valence-corrected chi connectivity index (χ1v) is 7.92. The zero-order valence-corrected chi connectivity index (χ0v) is 14.3. The Hall–Kier alpha value is -2.09. The molecule has 0 heterocycles. The van der Waals surface area contributed by atoms with Crippen molar-refractivity contribution in [1.82, 2.24) is 0 Å². The first-order valence-electron chi connectivity index (χ1n) is 7.92. The second-order valence-electron chi connectivity index (χ2n) is 5.98. The Morgan fingerprint density at radius 2 is 1.32 bits per heavy atom. The Balaban J connectivity index is 2.34. The van der Waals surface area contributed by atoms with Crippen LogP contribution in [0.25, 0.3) is 0 Å². The van der Waals surface area contributed by atoms with Crippen LogP contribution in [0.4, 0.5) is 5.69 Å². The molecule has 1 N–H and O–H groups in total. The molecular weight excluding hydrogens is 268 g/mol. The highest BCUT2D eigenvalue weighted by molar-refractivity contribution is 5.98. The smallest absolute Gasteiger partial charge is 0.105 e. The van der Waals surface area contributed by atoms with Gasteiger partial charge in [-0.1, -0.05) is 36.4 Å². The molecule has 0 saturated heterocycles. The lowest BCUT2D eigenvalue weighted by molar-refractivity contribution is 0.994. The molecule has 0 spiro atoms. The van der Waals surface area contributed by atoms with Crippen LogP contribution in [0.3, 0.4) is 0 Å². The number of likely N-dealkylation sites (N-methyl/N-ethyl adjacent to an activating group) is 1. The van der Waals surface area contributed by atoms with Crippen LogP contribution >= 0.6 is 0 Å². The van der Waals surface area contributed by atoms with E-state index in [0.717, 1.165) is 6.54 Å². The Bertz CT molecular complexity index is 646. The molecule has 0 aliphatic carbocycles. The first-order chi connectivity index (χ1) is 10.5. The van der Waals surface area contributed by atoms with Gasteiger partial charge in [0.25, 0.3) is 0 Å². The van der Waals surface area contributed by atoms with Gasteiger partial charge in [-0.05, 0) is 62.4 Å². The predicted molar refractivity (Wildman–Crippen MR) is 96.3 cm³/mol. The minimum Gasteiger partial charge on any atom is -0.330 e. The number of benzene rings is 2. The number of nitrogens with zero attached hydrogens (tertiary/aromatic N) is 1. The van der Waals surface area contributed by atoms with Crippen molar-refractivity contribution in [1.29, 1.82) is 5.41 Å². The van der Waals surface area contributed by atoms with Gasteiger partial charge in [0.1, 0.15) is 5.84 Å². The van der Waals surface area contributed by atoms with E-state index in [1.165, 1.54) is 33.5 Å². The van der Waals surface area contributed by atoms with Crippen molar-refractivity contribution in [2.75, 3.05) is 11.4 Å². The number of para-hydroxylation sites is 1. The lowest BCUT2D eigenvalue weighted by atomic mass is 9.98. The van der Waals surface area contributed by atoms with Gasteiger partial charge in [-0.3, -0.25) is 5.41 Å². The minimum absolute atomic E-state index is 0.664. The number of hydrogen-bond acceptors (Lipinski definition) is 1. The second-order valence-corrected chi connectivity index (χ2v) is 5.98. The third-order valence-corrected chi connectivity index (χ3v) is 4.34. The van der Waals surface area contributed by atoms with E-state index < -0.39 is 0 Å². The molecule has 2 aromatic rings. The average Bonchev–Trinajstić information content (AvgIpc) is 2.47. The van der Waals surface area contributed by atoms with Gasteiger partial charge >= 0.3 is 0 Å². The molecule has 0 bridgehead atoms. The van der Waals surface area contributed by atoms with Crippen LogP contribution in [0.1, 0.15) is 34.7 Å². The van der Waals surface area contributed by atoms with Gasteiger partial charge in [-0.2, -0.15) is 0 Å². The fourth-order valence-electron chi connectivity index (χ4n) is 3.11. The lowest BCUT2D eigenvalue weighted by Crippen LogP contribution is -2.33. The minimum atomic E-state index is 0.664. The van der Waals surface area contributed by atoms with Gasteiger partial charge in [0.2, 0.25) is 0 Å². The Morgan fingerprint density at radius 3 is 1.77 bits per heavy atom. The van der Waals surface area contributed by atoms with E-state index in [1.807, 2.05) is 0 Å². The largest absolute Gasteiger partial charge is 0.330 e.